The van der Waals surface area contributed by atoms with E-state index in [4.69, 9.17) is 0 Å². The average Bonchev–Trinajstić information content (AvgIpc) is 2.73. The monoisotopic (exact) mass is 240 g/mol. The maximum absolute atomic E-state index is 12.5. The molecule has 0 amide bonds. The van der Waals surface area contributed by atoms with E-state index in [-0.39, 0.29) is 5.71 Å². The number of hydrogen-bond donors (Lipinski definition) is 0. The van der Waals surface area contributed by atoms with E-state index < -0.39 is 12.0 Å². The van der Waals surface area contributed by atoms with Gasteiger partial charge in [0.2, 0.25) is 0 Å². The standard InChI is InChI=1S/C11H9F3N3/c1-2-7-9(8-5-3-4-6-15-8)17-10(16-7)11(12,13)14/h3-6H,2H2,1H3/q+1. The second-order valence-electron chi connectivity index (χ2n) is 3.41. The number of halogens is 3. The Labute approximate surface area is 95.5 Å². The fourth-order valence-electron chi connectivity index (χ4n) is 1.46. The molecule has 1 aliphatic rings. The molecule has 17 heavy (non-hydrogen) atoms. The van der Waals surface area contributed by atoms with E-state index in [9.17, 15) is 13.2 Å². The molecular formula is C11H9F3N3+. The molecule has 3 nitrogen and oxygen atoms in total. The second-order valence-corrected chi connectivity index (χ2v) is 3.41. The van der Waals surface area contributed by atoms with Gasteiger partial charge in [-0.2, -0.15) is 17.8 Å². The first-order valence-electron chi connectivity index (χ1n) is 5.04. The number of nitrogens with zero attached hydrogens (tertiary/aromatic N) is 3. The van der Waals surface area contributed by atoms with Crippen LogP contribution in [-0.4, -0.2) is 28.4 Å². The fraction of sp³-hybridized carbons (Fsp3) is 0.273. The molecular weight excluding hydrogens is 231 g/mol. The van der Waals surface area contributed by atoms with E-state index in [0.29, 0.717) is 17.8 Å². The first kappa shape index (κ1) is 11.5. The van der Waals surface area contributed by atoms with Crippen LogP contribution in [-0.2, 0) is 0 Å². The van der Waals surface area contributed by atoms with E-state index in [1.807, 2.05) is 0 Å². The van der Waals surface area contributed by atoms with Crippen LogP contribution in [0.2, 0.25) is 0 Å². The van der Waals surface area contributed by atoms with Crippen LogP contribution in [0, 0.1) is 0 Å². The highest BCUT2D eigenvalue weighted by Crippen LogP contribution is 2.19. The molecule has 0 N–H and O–H groups in total. The van der Waals surface area contributed by atoms with Crippen LogP contribution in [0.5, 0.6) is 0 Å². The minimum absolute atomic E-state index is 0.209. The minimum Gasteiger partial charge on any atom is -0.252 e. The molecule has 0 bridgehead atoms. The molecule has 88 valence electrons. The van der Waals surface area contributed by atoms with Crippen molar-refractivity contribution in [1.82, 2.24) is 9.65 Å². The Bertz CT molecular complexity index is 523. The van der Waals surface area contributed by atoms with Crippen molar-refractivity contribution in [1.29, 1.82) is 0 Å². The highest BCUT2D eigenvalue weighted by molar-refractivity contribution is 6.51. The number of aromatic nitrogens is 1. The molecule has 0 unspecified atom stereocenters. The Hall–Kier alpha value is -1.94. The quantitative estimate of drug-likeness (QED) is 0.726. The van der Waals surface area contributed by atoms with Crippen LogP contribution in [0.15, 0.2) is 29.4 Å². The lowest BCUT2D eigenvalue weighted by Gasteiger charge is -1.93. The molecule has 6 heteroatoms. The first-order chi connectivity index (χ1) is 8.02. The van der Waals surface area contributed by atoms with Crippen LogP contribution in [0.4, 0.5) is 13.2 Å². The number of hydrogen-bond acceptors (Lipinski definition) is 2. The molecule has 1 aromatic heterocycles. The summed E-state index contributed by atoms with van der Waals surface area (Å²) in [6, 6.07) is 5.00. The molecule has 2 heterocycles. The number of aliphatic imine (C=N–C) groups is 1. The van der Waals surface area contributed by atoms with Crippen molar-refractivity contribution in [3.8, 4) is 0 Å². The lowest BCUT2D eigenvalue weighted by molar-refractivity contribution is -0.0597. The predicted octanol–water partition coefficient (Wildman–Crippen LogP) is 1.76. The van der Waals surface area contributed by atoms with Crippen molar-refractivity contribution < 1.29 is 13.2 Å². The number of alkyl halides is 3. The zero-order valence-corrected chi connectivity index (χ0v) is 8.99. The molecule has 2 rings (SSSR count). The zero-order chi connectivity index (χ0) is 12.5. The van der Waals surface area contributed by atoms with Crippen molar-refractivity contribution in [3.05, 3.63) is 30.1 Å². The third kappa shape index (κ3) is 2.26. The van der Waals surface area contributed by atoms with Crippen molar-refractivity contribution in [2.45, 2.75) is 19.5 Å². The third-order valence-corrected chi connectivity index (χ3v) is 2.23. The van der Waals surface area contributed by atoms with Gasteiger partial charge < -0.3 is 0 Å². The Morgan fingerprint density at radius 1 is 1.29 bits per heavy atom. The van der Waals surface area contributed by atoms with Gasteiger partial charge >= 0.3 is 12.0 Å². The van der Waals surface area contributed by atoms with Gasteiger partial charge in [-0.05, 0) is 17.1 Å². The predicted molar refractivity (Wildman–Crippen MR) is 59.3 cm³/mol. The molecule has 0 aliphatic carbocycles. The van der Waals surface area contributed by atoms with Gasteiger partial charge in [0.05, 0.1) is 0 Å². The fourth-order valence-corrected chi connectivity index (χ4v) is 1.46. The van der Waals surface area contributed by atoms with E-state index in [0.717, 1.165) is 0 Å². The molecule has 1 aromatic rings. The lowest BCUT2D eigenvalue weighted by Crippen LogP contribution is -2.21. The van der Waals surface area contributed by atoms with Crippen LogP contribution < -0.4 is 4.67 Å². The topological polar surface area (TPSA) is 39.4 Å². The van der Waals surface area contributed by atoms with Gasteiger partial charge in [-0.1, -0.05) is 13.0 Å². The molecule has 0 atom stereocenters. The average molecular weight is 240 g/mol. The Kier molecular flexibility index (Phi) is 2.81. The number of amidine groups is 1. The summed E-state index contributed by atoms with van der Waals surface area (Å²) >= 11 is 0. The van der Waals surface area contributed by atoms with E-state index in [1.165, 1.54) is 6.20 Å². The summed E-state index contributed by atoms with van der Waals surface area (Å²) in [6.45, 7) is 1.73. The summed E-state index contributed by atoms with van der Waals surface area (Å²) in [7, 11) is 0. The van der Waals surface area contributed by atoms with Crippen LogP contribution >= 0.6 is 0 Å². The number of rotatable bonds is 2. The third-order valence-electron chi connectivity index (χ3n) is 2.23. The SMILES string of the molecule is CCC1=[N+]=C(C(F)(F)F)N=C1c1ccccn1. The Morgan fingerprint density at radius 2 is 2.06 bits per heavy atom. The summed E-state index contributed by atoms with van der Waals surface area (Å²) in [6.07, 6.45) is -2.62. The van der Waals surface area contributed by atoms with Crippen LogP contribution in [0.1, 0.15) is 19.0 Å². The van der Waals surface area contributed by atoms with E-state index >= 15 is 0 Å². The molecule has 0 saturated carbocycles. The van der Waals surface area contributed by atoms with Gasteiger partial charge in [0.15, 0.2) is 0 Å². The largest absolute Gasteiger partial charge is 0.516 e. The molecule has 1 aliphatic heterocycles. The summed E-state index contributed by atoms with van der Waals surface area (Å²) in [5, 5.41) is 0. The molecule has 0 radical (unpaired) electrons. The maximum Gasteiger partial charge on any atom is 0.516 e. The van der Waals surface area contributed by atoms with Gasteiger partial charge in [-0.15, -0.1) is 0 Å². The molecule has 0 saturated heterocycles. The maximum atomic E-state index is 12.5. The minimum atomic E-state index is -4.52. The Balaban J connectivity index is 2.45. The van der Waals surface area contributed by atoms with Crippen molar-refractivity contribution in [2.75, 3.05) is 0 Å². The van der Waals surface area contributed by atoms with Crippen molar-refractivity contribution in [3.63, 3.8) is 0 Å². The van der Waals surface area contributed by atoms with Gasteiger partial charge in [0.1, 0.15) is 5.69 Å². The van der Waals surface area contributed by atoms with Gasteiger partial charge in [0, 0.05) is 12.6 Å². The highest BCUT2D eigenvalue weighted by atomic mass is 19.4. The summed E-state index contributed by atoms with van der Waals surface area (Å²) < 4.78 is 41.0. The smallest absolute Gasteiger partial charge is 0.252 e. The normalized spacial score (nSPS) is 15.4. The highest BCUT2D eigenvalue weighted by Gasteiger charge is 2.50. The van der Waals surface area contributed by atoms with Crippen LogP contribution in [0.25, 0.3) is 0 Å². The second kappa shape index (κ2) is 4.14. The molecule has 0 spiro atoms. The zero-order valence-electron chi connectivity index (χ0n) is 8.99. The Morgan fingerprint density at radius 3 is 2.59 bits per heavy atom. The van der Waals surface area contributed by atoms with Crippen LogP contribution in [0.3, 0.4) is 0 Å². The van der Waals surface area contributed by atoms with E-state index in [2.05, 4.69) is 14.6 Å². The van der Waals surface area contributed by atoms with Gasteiger partial charge in [-0.25, -0.2) is 0 Å². The van der Waals surface area contributed by atoms with Gasteiger partial charge in [-0.3, -0.25) is 4.98 Å². The van der Waals surface area contributed by atoms with Crippen molar-refractivity contribution >= 4 is 17.3 Å². The summed E-state index contributed by atoms with van der Waals surface area (Å²) in [5.41, 5.74) is 0.934. The van der Waals surface area contributed by atoms with Gasteiger partial charge in [0.25, 0.3) is 11.4 Å². The van der Waals surface area contributed by atoms with Crippen molar-refractivity contribution in [2.24, 2.45) is 4.99 Å². The molecule has 0 aromatic carbocycles. The first-order valence-corrected chi connectivity index (χ1v) is 5.04. The number of pyridine rings is 1. The summed E-state index contributed by atoms with van der Waals surface area (Å²) in [5.74, 6) is -1.10. The van der Waals surface area contributed by atoms with E-state index in [1.54, 1.807) is 25.1 Å². The lowest BCUT2D eigenvalue weighted by atomic mass is 10.1. The molecule has 0 fully saturated rings. The summed E-state index contributed by atoms with van der Waals surface area (Å²) in [4.78, 5) is 7.51.